The smallest absolute Gasteiger partial charge is 0.222 e. The molecule has 1 aliphatic rings. The first-order valence-corrected chi connectivity index (χ1v) is 7.49. The van der Waals surface area contributed by atoms with Crippen molar-refractivity contribution in [2.75, 3.05) is 34.3 Å². The first-order valence-electron chi connectivity index (χ1n) is 7.49. The number of nitrogens with zero attached hydrogens (tertiary/aromatic N) is 3. The van der Waals surface area contributed by atoms with Crippen LogP contribution in [0.3, 0.4) is 0 Å². The Balaban J connectivity index is 1.93. The van der Waals surface area contributed by atoms with E-state index in [1.807, 2.05) is 6.20 Å². The van der Waals surface area contributed by atoms with E-state index >= 15 is 0 Å². The first kappa shape index (κ1) is 16.0. The number of rotatable bonds is 6. The molecule has 0 saturated carbocycles. The fourth-order valence-corrected chi connectivity index (χ4v) is 2.97. The summed E-state index contributed by atoms with van der Waals surface area (Å²) in [6.07, 6.45) is 7.00. The van der Waals surface area contributed by atoms with Crippen molar-refractivity contribution in [1.82, 2.24) is 19.8 Å². The Hall–Kier alpha value is -1.40. The second kappa shape index (κ2) is 7.04. The normalized spacial score (nSPS) is 23.2. The number of piperidine rings is 1. The first-order chi connectivity index (χ1) is 10.0. The Morgan fingerprint density at radius 3 is 3.00 bits per heavy atom. The Morgan fingerprint density at radius 1 is 1.57 bits per heavy atom. The fourth-order valence-electron chi connectivity index (χ4n) is 2.97. The SMILES string of the molecule is COC1(CCC(=O)N(C)C)CCCN(Cc2cnc[nH]2)C1. The molecule has 2 rings (SSSR count). The monoisotopic (exact) mass is 294 g/mol. The van der Waals surface area contributed by atoms with Crippen LogP contribution in [0.15, 0.2) is 12.5 Å². The molecule has 6 nitrogen and oxygen atoms in total. The second-order valence-corrected chi connectivity index (χ2v) is 6.07. The molecule has 1 atom stereocenters. The number of hydrogen-bond acceptors (Lipinski definition) is 4. The Labute approximate surface area is 126 Å². The van der Waals surface area contributed by atoms with Gasteiger partial charge in [0.25, 0.3) is 0 Å². The molecular formula is C15H26N4O2. The van der Waals surface area contributed by atoms with Crippen molar-refractivity contribution in [3.05, 3.63) is 18.2 Å². The number of hydrogen-bond donors (Lipinski definition) is 1. The second-order valence-electron chi connectivity index (χ2n) is 6.07. The van der Waals surface area contributed by atoms with Crippen molar-refractivity contribution in [3.8, 4) is 0 Å². The minimum atomic E-state index is -0.204. The molecule has 6 heteroatoms. The number of nitrogens with one attached hydrogen (secondary N) is 1. The third-order valence-electron chi connectivity index (χ3n) is 4.29. The summed E-state index contributed by atoms with van der Waals surface area (Å²) in [5.41, 5.74) is 0.912. The number of amides is 1. The molecule has 0 radical (unpaired) electrons. The maximum absolute atomic E-state index is 11.8. The molecule has 1 unspecified atom stereocenters. The van der Waals surface area contributed by atoms with E-state index in [1.54, 1.807) is 32.4 Å². The summed E-state index contributed by atoms with van der Waals surface area (Å²) in [7, 11) is 5.36. The minimum Gasteiger partial charge on any atom is -0.377 e. The quantitative estimate of drug-likeness (QED) is 0.858. The van der Waals surface area contributed by atoms with Gasteiger partial charge in [0.1, 0.15) is 0 Å². The zero-order valence-corrected chi connectivity index (χ0v) is 13.3. The van der Waals surface area contributed by atoms with Crippen molar-refractivity contribution < 1.29 is 9.53 Å². The van der Waals surface area contributed by atoms with Gasteiger partial charge in [-0.2, -0.15) is 0 Å². The maximum Gasteiger partial charge on any atom is 0.222 e. The summed E-state index contributed by atoms with van der Waals surface area (Å²) in [5.74, 6) is 0.164. The highest BCUT2D eigenvalue weighted by Crippen LogP contribution is 2.30. The summed E-state index contributed by atoms with van der Waals surface area (Å²) in [6.45, 7) is 2.78. The van der Waals surface area contributed by atoms with Crippen molar-refractivity contribution in [2.45, 2.75) is 37.8 Å². The van der Waals surface area contributed by atoms with Gasteiger partial charge < -0.3 is 14.6 Å². The number of aromatic nitrogens is 2. The fraction of sp³-hybridized carbons (Fsp3) is 0.733. The summed E-state index contributed by atoms with van der Waals surface area (Å²) < 4.78 is 5.82. The maximum atomic E-state index is 11.8. The molecule has 0 spiro atoms. The Bertz CT molecular complexity index is 447. The van der Waals surface area contributed by atoms with Gasteiger partial charge in [-0.25, -0.2) is 4.98 Å². The molecule has 2 heterocycles. The molecule has 0 aromatic carbocycles. The van der Waals surface area contributed by atoms with Gasteiger partial charge in [0.05, 0.1) is 11.9 Å². The Kier molecular flexibility index (Phi) is 5.36. The van der Waals surface area contributed by atoms with Gasteiger partial charge in [0.2, 0.25) is 5.91 Å². The lowest BCUT2D eigenvalue weighted by Crippen LogP contribution is -2.49. The van der Waals surface area contributed by atoms with Gasteiger partial charge in [-0.3, -0.25) is 9.69 Å². The number of carbonyl (C=O) groups excluding carboxylic acids is 1. The van der Waals surface area contributed by atoms with E-state index in [0.29, 0.717) is 6.42 Å². The summed E-state index contributed by atoms with van der Waals surface area (Å²) in [6, 6.07) is 0. The molecule has 0 bridgehead atoms. The van der Waals surface area contributed by atoms with Crippen LogP contribution < -0.4 is 0 Å². The zero-order valence-electron chi connectivity index (χ0n) is 13.3. The van der Waals surface area contributed by atoms with Gasteiger partial charge in [-0.05, 0) is 25.8 Å². The van der Waals surface area contributed by atoms with Gasteiger partial charge >= 0.3 is 0 Å². The number of imidazole rings is 1. The topological polar surface area (TPSA) is 61.5 Å². The zero-order chi connectivity index (χ0) is 15.3. The number of H-pyrrole nitrogens is 1. The van der Waals surface area contributed by atoms with Crippen LogP contribution in [0.4, 0.5) is 0 Å². The molecule has 0 aliphatic carbocycles. The van der Waals surface area contributed by atoms with Crippen molar-refractivity contribution in [1.29, 1.82) is 0 Å². The van der Waals surface area contributed by atoms with E-state index in [0.717, 1.165) is 44.6 Å². The average Bonchev–Trinajstić information content (AvgIpc) is 2.98. The van der Waals surface area contributed by atoms with Crippen LogP contribution >= 0.6 is 0 Å². The van der Waals surface area contributed by atoms with Crippen LogP contribution in [-0.2, 0) is 16.1 Å². The summed E-state index contributed by atoms with van der Waals surface area (Å²) >= 11 is 0. The molecule has 118 valence electrons. The molecule has 1 N–H and O–H groups in total. The highest BCUT2D eigenvalue weighted by atomic mass is 16.5. The van der Waals surface area contributed by atoms with Gasteiger partial charge in [-0.15, -0.1) is 0 Å². The molecule has 1 aromatic heterocycles. The van der Waals surface area contributed by atoms with E-state index < -0.39 is 0 Å². The molecular weight excluding hydrogens is 268 g/mol. The summed E-state index contributed by atoms with van der Waals surface area (Å²) in [5, 5.41) is 0. The number of methoxy groups -OCH3 is 1. The van der Waals surface area contributed by atoms with Gasteiger partial charge in [-0.1, -0.05) is 0 Å². The van der Waals surface area contributed by atoms with Crippen LogP contribution in [0, 0.1) is 0 Å². The standard InChI is InChI=1S/C15H26N4O2/c1-18(2)14(20)5-7-15(21-3)6-4-8-19(11-15)10-13-9-16-12-17-13/h9,12H,4-8,10-11H2,1-3H3,(H,16,17). The highest BCUT2D eigenvalue weighted by molar-refractivity contribution is 5.75. The van der Waals surface area contributed by atoms with E-state index in [1.165, 1.54) is 0 Å². The number of aromatic amines is 1. The van der Waals surface area contributed by atoms with E-state index in [4.69, 9.17) is 4.74 Å². The lowest BCUT2D eigenvalue weighted by atomic mass is 9.87. The van der Waals surface area contributed by atoms with Gasteiger partial charge in [0.15, 0.2) is 0 Å². The molecule has 1 aromatic rings. The van der Waals surface area contributed by atoms with E-state index in [2.05, 4.69) is 14.9 Å². The van der Waals surface area contributed by atoms with Crippen LogP contribution in [0.2, 0.25) is 0 Å². The van der Waals surface area contributed by atoms with Crippen LogP contribution in [0.1, 0.15) is 31.4 Å². The molecule has 1 aliphatic heterocycles. The molecule has 1 saturated heterocycles. The predicted octanol–water partition coefficient (Wildman–Crippen LogP) is 1.26. The highest BCUT2D eigenvalue weighted by Gasteiger charge is 2.35. The van der Waals surface area contributed by atoms with Crippen LogP contribution in [-0.4, -0.2) is 65.6 Å². The average molecular weight is 294 g/mol. The lowest BCUT2D eigenvalue weighted by Gasteiger charge is -2.42. The molecule has 1 fully saturated rings. The molecule has 1 amide bonds. The lowest BCUT2D eigenvalue weighted by molar-refractivity contribution is -0.132. The predicted molar refractivity (Wildman–Crippen MR) is 80.8 cm³/mol. The van der Waals surface area contributed by atoms with Crippen molar-refractivity contribution in [2.24, 2.45) is 0 Å². The van der Waals surface area contributed by atoms with Crippen molar-refractivity contribution in [3.63, 3.8) is 0 Å². The van der Waals surface area contributed by atoms with Gasteiger partial charge in [0, 0.05) is 52.6 Å². The summed E-state index contributed by atoms with van der Waals surface area (Å²) in [4.78, 5) is 23.0. The largest absolute Gasteiger partial charge is 0.377 e. The third kappa shape index (κ3) is 4.28. The molecule has 21 heavy (non-hydrogen) atoms. The number of carbonyl (C=O) groups is 1. The van der Waals surface area contributed by atoms with Crippen LogP contribution in [0.5, 0.6) is 0 Å². The van der Waals surface area contributed by atoms with Crippen LogP contribution in [0.25, 0.3) is 0 Å². The number of likely N-dealkylation sites (tertiary alicyclic amines) is 1. The third-order valence-corrected chi connectivity index (χ3v) is 4.29. The Morgan fingerprint density at radius 2 is 2.38 bits per heavy atom. The number of ether oxygens (including phenoxy) is 1. The van der Waals surface area contributed by atoms with Crippen molar-refractivity contribution >= 4 is 5.91 Å². The van der Waals surface area contributed by atoms with E-state index in [-0.39, 0.29) is 11.5 Å². The van der Waals surface area contributed by atoms with E-state index in [9.17, 15) is 4.79 Å². The minimum absolute atomic E-state index is 0.164.